The summed E-state index contributed by atoms with van der Waals surface area (Å²) in [6, 6.07) is 8.69. The molecule has 0 aliphatic heterocycles. The van der Waals surface area contributed by atoms with Gasteiger partial charge in [0, 0.05) is 22.3 Å². The monoisotopic (exact) mass is 365 g/mol. The SMILES string of the molecule is O=c1cc(OCC2CCCCC2)ccn1Cc1ccc(Cl)cc1Cl. The van der Waals surface area contributed by atoms with Gasteiger partial charge in [-0.05, 0) is 42.5 Å². The van der Waals surface area contributed by atoms with E-state index in [-0.39, 0.29) is 5.56 Å². The summed E-state index contributed by atoms with van der Waals surface area (Å²) in [4.78, 5) is 12.3. The van der Waals surface area contributed by atoms with Gasteiger partial charge in [-0.3, -0.25) is 4.79 Å². The van der Waals surface area contributed by atoms with E-state index in [0.717, 1.165) is 5.56 Å². The number of hydrogen-bond donors (Lipinski definition) is 0. The number of aromatic nitrogens is 1. The lowest BCUT2D eigenvalue weighted by Gasteiger charge is -2.21. The molecule has 128 valence electrons. The van der Waals surface area contributed by atoms with Crippen LogP contribution < -0.4 is 10.3 Å². The number of ether oxygens (including phenoxy) is 1. The maximum absolute atomic E-state index is 12.3. The maximum Gasteiger partial charge on any atom is 0.254 e. The van der Waals surface area contributed by atoms with E-state index in [2.05, 4.69) is 0 Å². The molecule has 1 aliphatic rings. The van der Waals surface area contributed by atoms with Gasteiger partial charge in [0.05, 0.1) is 13.2 Å². The first-order valence-corrected chi connectivity index (χ1v) is 9.14. The first-order chi connectivity index (χ1) is 11.6. The van der Waals surface area contributed by atoms with Crippen molar-refractivity contribution in [2.45, 2.75) is 38.6 Å². The largest absolute Gasteiger partial charge is 0.493 e. The van der Waals surface area contributed by atoms with Crippen LogP contribution in [0, 0.1) is 5.92 Å². The molecular weight excluding hydrogens is 345 g/mol. The highest BCUT2D eigenvalue weighted by molar-refractivity contribution is 6.35. The Morgan fingerprint density at radius 3 is 2.58 bits per heavy atom. The predicted molar refractivity (Wildman–Crippen MR) is 98.3 cm³/mol. The van der Waals surface area contributed by atoms with Gasteiger partial charge >= 0.3 is 0 Å². The van der Waals surface area contributed by atoms with Crippen LogP contribution in [0.1, 0.15) is 37.7 Å². The molecule has 1 saturated carbocycles. The van der Waals surface area contributed by atoms with E-state index >= 15 is 0 Å². The minimum Gasteiger partial charge on any atom is -0.493 e. The van der Waals surface area contributed by atoms with E-state index in [1.807, 2.05) is 12.1 Å². The Kier molecular flexibility index (Phi) is 5.85. The first-order valence-electron chi connectivity index (χ1n) is 8.39. The summed E-state index contributed by atoms with van der Waals surface area (Å²) < 4.78 is 7.43. The van der Waals surface area contributed by atoms with Gasteiger partial charge in [-0.25, -0.2) is 0 Å². The van der Waals surface area contributed by atoms with Crippen molar-refractivity contribution < 1.29 is 4.74 Å². The zero-order valence-corrected chi connectivity index (χ0v) is 15.0. The van der Waals surface area contributed by atoms with Gasteiger partial charge < -0.3 is 9.30 Å². The molecule has 1 aliphatic carbocycles. The fraction of sp³-hybridized carbons (Fsp3) is 0.421. The number of pyridine rings is 1. The molecule has 1 heterocycles. The lowest BCUT2D eigenvalue weighted by molar-refractivity contribution is 0.208. The number of rotatable bonds is 5. The molecule has 0 spiro atoms. The van der Waals surface area contributed by atoms with Crippen molar-refractivity contribution in [1.29, 1.82) is 0 Å². The van der Waals surface area contributed by atoms with Crippen LogP contribution in [0.3, 0.4) is 0 Å². The molecule has 0 saturated heterocycles. The molecule has 3 nitrogen and oxygen atoms in total. The van der Waals surface area contributed by atoms with E-state index in [0.29, 0.717) is 34.9 Å². The van der Waals surface area contributed by atoms with E-state index in [9.17, 15) is 4.79 Å². The predicted octanol–water partition coefficient (Wildman–Crippen LogP) is 5.16. The third kappa shape index (κ3) is 4.55. The summed E-state index contributed by atoms with van der Waals surface area (Å²) in [7, 11) is 0. The standard InChI is InChI=1S/C19H21Cl2NO2/c20-16-7-6-15(18(21)10-16)12-22-9-8-17(11-19(22)23)24-13-14-4-2-1-3-5-14/h6-11,14H,1-5,12-13H2. The Labute approximate surface area is 152 Å². The topological polar surface area (TPSA) is 31.2 Å². The van der Waals surface area contributed by atoms with Crippen LogP contribution in [0.25, 0.3) is 0 Å². The Morgan fingerprint density at radius 1 is 1.08 bits per heavy atom. The average Bonchev–Trinajstić information content (AvgIpc) is 2.58. The van der Waals surface area contributed by atoms with Crippen molar-refractivity contribution >= 4 is 23.2 Å². The highest BCUT2D eigenvalue weighted by atomic mass is 35.5. The van der Waals surface area contributed by atoms with Crippen LogP contribution >= 0.6 is 23.2 Å². The molecular formula is C19H21Cl2NO2. The van der Waals surface area contributed by atoms with E-state index in [1.54, 1.807) is 29.0 Å². The number of hydrogen-bond acceptors (Lipinski definition) is 2. The van der Waals surface area contributed by atoms with Crippen LogP contribution in [0.5, 0.6) is 5.75 Å². The van der Waals surface area contributed by atoms with Crippen molar-refractivity contribution in [3.63, 3.8) is 0 Å². The van der Waals surface area contributed by atoms with Crippen molar-refractivity contribution in [2.75, 3.05) is 6.61 Å². The smallest absolute Gasteiger partial charge is 0.254 e. The first kappa shape index (κ1) is 17.4. The summed E-state index contributed by atoms with van der Waals surface area (Å²) in [5.41, 5.74) is 0.765. The summed E-state index contributed by atoms with van der Waals surface area (Å²) in [5, 5.41) is 1.15. The van der Waals surface area contributed by atoms with Gasteiger partial charge in [-0.2, -0.15) is 0 Å². The van der Waals surface area contributed by atoms with E-state index in [1.165, 1.54) is 32.1 Å². The van der Waals surface area contributed by atoms with Gasteiger partial charge in [0.25, 0.3) is 5.56 Å². The average molecular weight is 366 g/mol. The number of halogens is 2. The molecule has 1 aromatic carbocycles. The molecule has 5 heteroatoms. The van der Waals surface area contributed by atoms with Gasteiger partial charge in [0.1, 0.15) is 5.75 Å². The van der Waals surface area contributed by atoms with Crippen molar-refractivity contribution in [1.82, 2.24) is 4.57 Å². The molecule has 3 rings (SSSR count). The Balaban J connectivity index is 1.64. The summed E-state index contributed by atoms with van der Waals surface area (Å²) in [6.45, 7) is 1.12. The summed E-state index contributed by atoms with van der Waals surface area (Å²) in [6.07, 6.45) is 8.12. The van der Waals surface area contributed by atoms with Crippen LogP contribution in [0.2, 0.25) is 10.0 Å². The minimum absolute atomic E-state index is 0.0952. The van der Waals surface area contributed by atoms with Gasteiger partial charge in [-0.15, -0.1) is 0 Å². The molecule has 0 atom stereocenters. The normalized spacial score (nSPS) is 15.4. The summed E-state index contributed by atoms with van der Waals surface area (Å²) >= 11 is 12.1. The Morgan fingerprint density at radius 2 is 1.88 bits per heavy atom. The molecule has 24 heavy (non-hydrogen) atoms. The van der Waals surface area contributed by atoms with Gasteiger partial charge in [0.2, 0.25) is 0 Å². The molecule has 1 aromatic heterocycles. The van der Waals surface area contributed by atoms with Crippen molar-refractivity contribution in [3.8, 4) is 5.75 Å². The molecule has 2 aromatic rings. The van der Waals surface area contributed by atoms with Crippen molar-refractivity contribution in [3.05, 3.63) is 62.5 Å². The molecule has 0 amide bonds. The minimum atomic E-state index is -0.0952. The molecule has 0 unspecified atom stereocenters. The molecule has 0 radical (unpaired) electrons. The molecule has 0 N–H and O–H groups in total. The Bertz CT molecular complexity index is 751. The van der Waals surface area contributed by atoms with Crippen LogP contribution in [-0.2, 0) is 6.54 Å². The van der Waals surface area contributed by atoms with Gasteiger partial charge in [-0.1, -0.05) is 48.5 Å². The lowest BCUT2D eigenvalue weighted by Crippen LogP contribution is -2.20. The van der Waals surface area contributed by atoms with Crippen molar-refractivity contribution in [2.24, 2.45) is 5.92 Å². The zero-order valence-electron chi connectivity index (χ0n) is 13.5. The van der Waals surface area contributed by atoms with Crippen LogP contribution in [-0.4, -0.2) is 11.2 Å². The lowest BCUT2D eigenvalue weighted by atomic mass is 9.90. The third-order valence-corrected chi connectivity index (χ3v) is 5.12. The Hall–Kier alpha value is -1.45. The molecule has 1 fully saturated rings. The maximum atomic E-state index is 12.3. The fourth-order valence-electron chi connectivity index (χ4n) is 3.11. The second kappa shape index (κ2) is 8.09. The summed E-state index contributed by atoms with van der Waals surface area (Å²) in [5.74, 6) is 1.26. The second-order valence-corrected chi connectivity index (χ2v) is 7.22. The van der Waals surface area contributed by atoms with Crippen LogP contribution in [0.15, 0.2) is 41.3 Å². The highest BCUT2D eigenvalue weighted by Crippen LogP contribution is 2.24. The second-order valence-electron chi connectivity index (χ2n) is 6.38. The zero-order chi connectivity index (χ0) is 16.9. The molecule has 0 bridgehead atoms. The van der Waals surface area contributed by atoms with Crippen LogP contribution in [0.4, 0.5) is 0 Å². The number of benzene rings is 1. The van der Waals surface area contributed by atoms with Gasteiger partial charge in [0.15, 0.2) is 0 Å². The van der Waals surface area contributed by atoms with E-state index in [4.69, 9.17) is 27.9 Å². The fourth-order valence-corrected chi connectivity index (χ4v) is 3.58. The quantitative estimate of drug-likeness (QED) is 0.732. The van der Waals surface area contributed by atoms with E-state index < -0.39 is 0 Å². The highest BCUT2D eigenvalue weighted by Gasteiger charge is 2.14. The third-order valence-electron chi connectivity index (χ3n) is 4.53. The number of nitrogens with zero attached hydrogens (tertiary/aromatic N) is 1.